The van der Waals surface area contributed by atoms with Crippen LogP contribution in [-0.2, 0) is 22.6 Å². The summed E-state index contributed by atoms with van der Waals surface area (Å²) in [6, 6.07) is 16.0. The fourth-order valence-corrected chi connectivity index (χ4v) is 4.45. The van der Waals surface area contributed by atoms with E-state index in [0.717, 1.165) is 43.7 Å². The molecule has 5 rings (SSSR count). The van der Waals surface area contributed by atoms with Crippen LogP contribution in [0.4, 0.5) is 0 Å². The number of Topliss-reactive ketones (excluding diaryl/α,β-unsaturated/α-hetero) is 1. The molecule has 0 saturated carbocycles. The van der Waals surface area contributed by atoms with E-state index in [1.54, 1.807) is 0 Å². The van der Waals surface area contributed by atoms with Crippen molar-refractivity contribution in [2.75, 3.05) is 19.6 Å². The highest BCUT2D eigenvalue weighted by Gasteiger charge is 2.38. The second-order valence-electron chi connectivity index (χ2n) is 7.98. The molecule has 2 atom stereocenters. The van der Waals surface area contributed by atoms with Gasteiger partial charge in [-0.05, 0) is 42.9 Å². The van der Waals surface area contributed by atoms with Crippen LogP contribution in [0.3, 0.4) is 0 Å². The van der Waals surface area contributed by atoms with E-state index in [0.29, 0.717) is 18.9 Å². The molecule has 0 unspecified atom stereocenters. The lowest BCUT2D eigenvalue weighted by Crippen LogP contribution is -2.49. The molecule has 3 fully saturated rings. The van der Waals surface area contributed by atoms with Crippen molar-refractivity contribution in [1.82, 2.24) is 14.8 Å². The predicted octanol–water partition coefficient (Wildman–Crippen LogP) is 2.71. The minimum absolute atomic E-state index is 0.135. The van der Waals surface area contributed by atoms with Gasteiger partial charge in [0.2, 0.25) is 5.78 Å². The Kier molecular flexibility index (Phi) is 5.81. The molecule has 2 aromatic rings. The molecule has 0 spiro atoms. The molecule has 3 aliphatic rings. The highest BCUT2D eigenvalue weighted by molar-refractivity contribution is 6.36. The third-order valence-electron chi connectivity index (χ3n) is 5.88. The fraction of sp³-hybridized carbons (Fsp3) is 0.435. The molecule has 1 aromatic heterocycles. The van der Waals surface area contributed by atoms with Crippen LogP contribution in [0.15, 0.2) is 54.7 Å². The number of piperidine rings is 1. The lowest BCUT2D eigenvalue weighted by atomic mass is 9.94. The molecule has 4 heterocycles. The number of aryl methyl sites for hydroxylation is 1. The number of nitrogens with zero attached hydrogens (tertiary/aromatic N) is 3. The number of aromatic nitrogens is 1. The van der Waals surface area contributed by atoms with Crippen LogP contribution >= 0.6 is 0 Å². The van der Waals surface area contributed by atoms with Crippen LogP contribution in [0.5, 0.6) is 0 Å². The van der Waals surface area contributed by atoms with Gasteiger partial charge in [0.15, 0.2) is 0 Å². The molecule has 1 aromatic carbocycles. The zero-order valence-electron chi connectivity index (χ0n) is 16.2. The summed E-state index contributed by atoms with van der Waals surface area (Å²) in [6.45, 7) is 3.30. The first-order valence-electron chi connectivity index (χ1n) is 10.2. The average molecular weight is 377 g/mol. The second-order valence-corrected chi connectivity index (χ2v) is 7.98. The fourth-order valence-electron chi connectivity index (χ4n) is 4.45. The molecule has 0 aliphatic carbocycles. The number of rotatable bonds is 6. The SMILES string of the molecule is O=C(CCc1ccccc1)C(=O)N1C[C@H]2CC[C@@H]1CN(Cc1ccccn1)C2. The van der Waals surface area contributed by atoms with E-state index in [-0.39, 0.29) is 24.2 Å². The van der Waals surface area contributed by atoms with Crippen LogP contribution in [0, 0.1) is 5.92 Å². The topological polar surface area (TPSA) is 53.5 Å². The quantitative estimate of drug-likeness (QED) is 0.727. The maximum Gasteiger partial charge on any atom is 0.290 e. The Bertz CT molecular complexity index is 809. The van der Waals surface area contributed by atoms with Crippen LogP contribution in [-0.4, -0.2) is 52.2 Å². The summed E-state index contributed by atoms with van der Waals surface area (Å²) < 4.78 is 0. The van der Waals surface area contributed by atoms with Gasteiger partial charge in [0.05, 0.1) is 5.69 Å². The van der Waals surface area contributed by atoms with Crippen molar-refractivity contribution in [3.05, 3.63) is 66.0 Å². The maximum atomic E-state index is 12.9. The predicted molar refractivity (Wildman–Crippen MR) is 108 cm³/mol. The van der Waals surface area contributed by atoms with Crippen molar-refractivity contribution < 1.29 is 9.59 Å². The Balaban J connectivity index is 1.37. The lowest BCUT2D eigenvalue weighted by molar-refractivity contribution is -0.147. The van der Waals surface area contributed by atoms with Gasteiger partial charge in [-0.2, -0.15) is 0 Å². The normalized spacial score (nSPS) is 22.1. The van der Waals surface area contributed by atoms with Crippen LogP contribution < -0.4 is 0 Å². The highest BCUT2D eigenvalue weighted by Crippen LogP contribution is 2.29. The number of amides is 1. The average Bonchev–Trinajstić information content (AvgIpc) is 3.03. The first-order valence-corrected chi connectivity index (χ1v) is 10.2. The molecule has 3 saturated heterocycles. The van der Waals surface area contributed by atoms with Gasteiger partial charge in [0, 0.05) is 44.8 Å². The Morgan fingerprint density at radius 2 is 1.79 bits per heavy atom. The maximum absolute atomic E-state index is 12.9. The number of hydrogen-bond donors (Lipinski definition) is 0. The summed E-state index contributed by atoms with van der Waals surface area (Å²) in [5, 5.41) is 0. The third-order valence-corrected chi connectivity index (χ3v) is 5.88. The standard InChI is InChI=1S/C23H27N3O2/c27-22(12-10-18-6-2-1-3-7-18)23(28)26-15-19-9-11-21(26)17-25(14-19)16-20-8-4-5-13-24-20/h1-8,13,19,21H,9-12,14-17H2/t19-,21+/m0/s1. The highest BCUT2D eigenvalue weighted by atomic mass is 16.2. The van der Waals surface area contributed by atoms with Gasteiger partial charge < -0.3 is 4.90 Å². The molecular formula is C23H27N3O2. The minimum Gasteiger partial charge on any atom is -0.332 e. The van der Waals surface area contributed by atoms with Gasteiger partial charge in [-0.15, -0.1) is 0 Å². The number of fused-ring (bicyclic) bond motifs is 4. The van der Waals surface area contributed by atoms with Gasteiger partial charge in [-0.1, -0.05) is 36.4 Å². The van der Waals surface area contributed by atoms with E-state index in [9.17, 15) is 9.59 Å². The smallest absolute Gasteiger partial charge is 0.290 e. The lowest BCUT2D eigenvalue weighted by Gasteiger charge is -2.35. The molecule has 5 heteroatoms. The third kappa shape index (κ3) is 4.47. The molecule has 146 valence electrons. The largest absolute Gasteiger partial charge is 0.332 e. The number of hydrogen-bond acceptors (Lipinski definition) is 4. The van der Waals surface area contributed by atoms with Gasteiger partial charge in [-0.3, -0.25) is 19.5 Å². The van der Waals surface area contributed by atoms with Crippen molar-refractivity contribution >= 4 is 11.7 Å². The summed E-state index contributed by atoms with van der Waals surface area (Å²) in [4.78, 5) is 34.1. The summed E-state index contributed by atoms with van der Waals surface area (Å²) in [5.41, 5.74) is 2.16. The Labute approximate surface area is 166 Å². The summed E-state index contributed by atoms with van der Waals surface area (Å²) >= 11 is 0. The number of carbonyl (C=O) groups excluding carboxylic acids is 2. The summed E-state index contributed by atoms with van der Waals surface area (Å²) in [6.07, 6.45) is 4.85. The van der Waals surface area contributed by atoms with Crippen molar-refractivity contribution in [2.45, 2.75) is 38.3 Å². The van der Waals surface area contributed by atoms with Crippen molar-refractivity contribution in [2.24, 2.45) is 5.92 Å². The van der Waals surface area contributed by atoms with Gasteiger partial charge in [-0.25, -0.2) is 0 Å². The van der Waals surface area contributed by atoms with E-state index in [1.807, 2.05) is 59.6 Å². The molecular weight excluding hydrogens is 350 g/mol. The molecule has 1 amide bonds. The summed E-state index contributed by atoms with van der Waals surface area (Å²) in [5.74, 6) is -0.105. The van der Waals surface area contributed by atoms with Crippen molar-refractivity contribution in [3.8, 4) is 0 Å². The summed E-state index contributed by atoms with van der Waals surface area (Å²) in [7, 11) is 0. The molecule has 3 aliphatic heterocycles. The van der Waals surface area contributed by atoms with Crippen molar-refractivity contribution in [3.63, 3.8) is 0 Å². The van der Waals surface area contributed by atoms with E-state index in [2.05, 4.69) is 9.88 Å². The molecule has 28 heavy (non-hydrogen) atoms. The Hall–Kier alpha value is -2.53. The van der Waals surface area contributed by atoms with Crippen molar-refractivity contribution in [1.29, 1.82) is 0 Å². The van der Waals surface area contributed by atoms with E-state index < -0.39 is 0 Å². The van der Waals surface area contributed by atoms with Crippen LogP contribution in [0.2, 0.25) is 0 Å². The van der Waals surface area contributed by atoms with Crippen LogP contribution in [0.1, 0.15) is 30.5 Å². The molecule has 2 bridgehead atoms. The van der Waals surface area contributed by atoms with Gasteiger partial charge >= 0.3 is 0 Å². The zero-order chi connectivity index (χ0) is 19.3. The number of pyridine rings is 1. The molecule has 0 N–H and O–H groups in total. The second kappa shape index (κ2) is 8.65. The minimum atomic E-state index is -0.287. The number of benzene rings is 1. The molecule has 0 radical (unpaired) electrons. The number of ketones is 1. The first kappa shape index (κ1) is 18.8. The van der Waals surface area contributed by atoms with E-state index in [4.69, 9.17) is 0 Å². The first-order chi connectivity index (χ1) is 13.7. The van der Waals surface area contributed by atoms with E-state index >= 15 is 0 Å². The monoisotopic (exact) mass is 377 g/mol. The zero-order valence-corrected chi connectivity index (χ0v) is 16.2. The molecule has 5 nitrogen and oxygen atoms in total. The van der Waals surface area contributed by atoms with Crippen LogP contribution in [0.25, 0.3) is 0 Å². The van der Waals surface area contributed by atoms with E-state index in [1.165, 1.54) is 0 Å². The van der Waals surface area contributed by atoms with Gasteiger partial charge in [0.25, 0.3) is 5.91 Å². The van der Waals surface area contributed by atoms with Gasteiger partial charge in [0.1, 0.15) is 0 Å². The number of carbonyl (C=O) groups is 2. The Morgan fingerprint density at radius 1 is 0.964 bits per heavy atom. The Morgan fingerprint density at radius 3 is 2.57 bits per heavy atom.